The minimum Gasteiger partial charge on any atom is -0.369 e. The lowest BCUT2D eigenvalue weighted by molar-refractivity contribution is 0.565. The van der Waals surface area contributed by atoms with Crippen LogP contribution in [-0.4, -0.2) is 25.7 Å². The van der Waals surface area contributed by atoms with Crippen LogP contribution in [0.5, 0.6) is 0 Å². The van der Waals surface area contributed by atoms with E-state index in [1.54, 1.807) is 0 Å². The molecule has 1 aliphatic rings. The predicted molar refractivity (Wildman–Crippen MR) is 79.4 cm³/mol. The summed E-state index contributed by atoms with van der Waals surface area (Å²) in [6.07, 6.45) is 3.41. The third-order valence-electron chi connectivity index (χ3n) is 3.65. The Morgan fingerprint density at radius 3 is 3.05 bits per heavy atom. The van der Waals surface area contributed by atoms with E-state index >= 15 is 0 Å². The molecule has 1 N–H and O–H groups in total. The number of benzene rings is 1. The first-order chi connectivity index (χ1) is 9.24. The highest BCUT2D eigenvalue weighted by Gasteiger charge is 2.19. The molecule has 1 aromatic carbocycles. The Bertz CT molecular complexity index is 462. The summed E-state index contributed by atoms with van der Waals surface area (Å²) in [4.78, 5) is 2.36. The third kappa shape index (κ3) is 3.48. The van der Waals surface area contributed by atoms with Crippen molar-refractivity contribution in [3.63, 3.8) is 0 Å². The van der Waals surface area contributed by atoms with Crippen LogP contribution >= 0.6 is 0 Å². The van der Waals surface area contributed by atoms with E-state index in [9.17, 15) is 5.26 Å². The lowest BCUT2D eigenvalue weighted by Crippen LogP contribution is -2.42. The molecule has 1 atom stereocenters. The summed E-state index contributed by atoms with van der Waals surface area (Å²) >= 11 is 0. The molecule has 0 spiro atoms. The van der Waals surface area contributed by atoms with Gasteiger partial charge < -0.3 is 10.2 Å². The van der Waals surface area contributed by atoms with E-state index in [0.29, 0.717) is 0 Å². The number of nitrogens with one attached hydrogen (secondary N) is 1. The van der Waals surface area contributed by atoms with E-state index in [0.717, 1.165) is 32.5 Å². The van der Waals surface area contributed by atoms with Gasteiger partial charge in [-0.3, -0.25) is 0 Å². The number of hydrogen-bond donors (Lipinski definition) is 1. The van der Waals surface area contributed by atoms with Crippen LogP contribution in [0.3, 0.4) is 0 Å². The zero-order chi connectivity index (χ0) is 13.7. The molecule has 3 heteroatoms. The molecule has 0 fully saturated rings. The molecular formula is C16H23N3. The van der Waals surface area contributed by atoms with Crippen LogP contribution < -0.4 is 10.2 Å². The molecule has 1 heterocycles. The highest BCUT2D eigenvalue weighted by Crippen LogP contribution is 2.27. The molecule has 0 aromatic heterocycles. The van der Waals surface area contributed by atoms with Crippen molar-refractivity contribution in [1.29, 1.82) is 5.26 Å². The number of rotatable bonds is 5. The van der Waals surface area contributed by atoms with Gasteiger partial charge in [0.1, 0.15) is 6.04 Å². The zero-order valence-corrected chi connectivity index (χ0v) is 11.9. The fourth-order valence-electron chi connectivity index (χ4n) is 2.68. The van der Waals surface area contributed by atoms with Crippen LogP contribution in [0.25, 0.3) is 0 Å². The molecule has 1 aliphatic heterocycles. The quantitative estimate of drug-likeness (QED) is 0.881. The maximum absolute atomic E-state index is 9.24. The molecule has 0 aliphatic carbocycles. The molecule has 102 valence electrons. The zero-order valence-electron chi connectivity index (χ0n) is 11.9. The summed E-state index contributed by atoms with van der Waals surface area (Å²) in [6, 6.07) is 8.95. The number of nitrogens with zero attached hydrogens (tertiary/aromatic N) is 2. The van der Waals surface area contributed by atoms with Crippen molar-refractivity contribution in [2.75, 3.05) is 24.5 Å². The second kappa shape index (κ2) is 6.58. The van der Waals surface area contributed by atoms with Gasteiger partial charge in [-0.15, -0.1) is 0 Å². The molecule has 1 unspecified atom stereocenters. The highest BCUT2D eigenvalue weighted by atomic mass is 15.2. The summed E-state index contributed by atoms with van der Waals surface area (Å²) in [6.45, 7) is 7.02. The fraction of sp³-hybridized carbons (Fsp3) is 0.562. The van der Waals surface area contributed by atoms with Crippen LogP contribution in [0, 0.1) is 18.3 Å². The highest BCUT2D eigenvalue weighted by molar-refractivity contribution is 5.57. The monoisotopic (exact) mass is 257 g/mol. The Morgan fingerprint density at radius 2 is 2.32 bits per heavy atom. The van der Waals surface area contributed by atoms with Gasteiger partial charge in [0.05, 0.1) is 6.07 Å². The molecular weight excluding hydrogens is 234 g/mol. The molecule has 1 aromatic rings. The maximum Gasteiger partial charge on any atom is 0.113 e. The van der Waals surface area contributed by atoms with Gasteiger partial charge in [0.2, 0.25) is 0 Å². The van der Waals surface area contributed by atoms with Crippen molar-refractivity contribution < 1.29 is 0 Å². The fourth-order valence-corrected chi connectivity index (χ4v) is 2.68. The van der Waals surface area contributed by atoms with Crippen molar-refractivity contribution in [3.8, 4) is 6.07 Å². The van der Waals surface area contributed by atoms with Crippen molar-refractivity contribution in [1.82, 2.24) is 5.32 Å². The molecule has 2 rings (SSSR count). The lowest BCUT2D eigenvalue weighted by Gasteiger charge is -2.33. The normalized spacial score (nSPS) is 15.7. The molecule has 0 amide bonds. The standard InChI is InChI=1S/C16H23N3/c1-3-8-18-15(11-17)12-19-9-4-5-14-10-13(2)6-7-16(14)19/h6-7,10,15,18H,3-5,8-9,12H2,1-2H3. The van der Waals surface area contributed by atoms with Gasteiger partial charge in [0.15, 0.2) is 0 Å². The average Bonchev–Trinajstić information content (AvgIpc) is 2.43. The Balaban J connectivity index is 2.08. The summed E-state index contributed by atoms with van der Waals surface area (Å²) in [5.41, 5.74) is 4.07. The minimum absolute atomic E-state index is 0.0767. The van der Waals surface area contributed by atoms with E-state index in [2.05, 4.69) is 48.3 Å². The van der Waals surface area contributed by atoms with Crippen LogP contribution in [0.4, 0.5) is 5.69 Å². The van der Waals surface area contributed by atoms with Gasteiger partial charge in [-0.1, -0.05) is 24.6 Å². The van der Waals surface area contributed by atoms with E-state index in [-0.39, 0.29) is 6.04 Å². The first-order valence-electron chi connectivity index (χ1n) is 7.22. The first-order valence-corrected chi connectivity index (χ1v) is 7.22. The van der Waals surface area contributed by atoms with Crippen molar-refractivity contribution in [3.05, 3.63) is 29.3 Å². The topological polar surface area (TPSA) is 39.1 Å². The number of nitriles is 1. The number of anilines is 1. The predicted octanol–water partition coefficient (Wildman–Crippen LogP) is 2.64. The second-order valence-electron chi connectivity index (χ2n) is 5.32. The van der Waals surface area contributed by atoms with Gasteiger partial charge in [-0.25, -0.2) is 0 Å². The van der Waals surface area contributed by atoms with Crippen LogP contribution in [0.1, 0.15) is 30.9 Å². The Morgan fingerprint density at radius 1 is 1.47 bits per heavy atom. The van der Waals surface area contributed by atoms with Gasteiger partial charge in [0, 0.05) is 18.8 Å². The SMILES string of the molecule is CCCNC(C#N)CN1CCCc2cc(C)ccc21. The number of hydrogen-bond acceptors (Lipinski definition) is 3. The molecule has 0 radical (unpaired) electrons. The van der Waals surface area contributed by atoms with Gasteiger partial charge >= 0.3 is 0 Å². The second-order valence-corrected chi connectivity index (χ2v) is 5.32. The van der Waals surface area contributed by atoms with Crippen LogP contribution in [0.15, 0.2) is 18.2 Å². The Hall–Kier alpha value is -1.53. The molecule has 0 saturated heterocycles. The first kappa shape index (κ1) is 13.9. The third-order valence-corrected chi connectivity index (χ3v) is 3.65. The summed E-state index contributed by atoms with van der Waals surface area (Å²) in [7, 11) is 0. The molecule has 3 nitrogen and oxygen atoms in total. The van der Waals surface area contributed by atoms with Crippen LogP contribution in [0.2, 0.25) is 0 Å². The molecule has 0 saturated carbocycles. The maximum atomic E-state index is 9.24. The van der Waals surface area contributed by atoms with E-state index in [1.807, 2.05) is 0 Å². The summed E-state index contributed by atoms with van der Waals surface area (Å²) < 4.78 is 0. The van der Waals surface area contributed by atoms with Crippen molar-refractivity contribution in [2.24, 2.45) is 0 Å². The van der Waals surface area contributed by atoms with E-state index in [4.69, 9.17) is 0 Å². The summed E-state index contributed by atoms with van der Waals surface area (Å²) in [5.74, 6) is 0. The number of fused-ring (bicyclic) bond motifs is 1. The average molecular weight is 257 g/mol. The van der Waals surface area contributed by atoms with Gasteiger partial charge in [-0.2, -0.15) is 5.26 Å². The molecule has 19 heavy (non-hydrogen) atoms. The Labute approximate surface area is 116 Å². The van der Waals surface area contributed by atoms with E-state index < -0.39 is 0 Å². The number of aryl methyl sites for hydroxylation is 2. The van der Waals surface area contributed by atoms with Crippen molar-refractivity contribution in [2.45, 2.75) is 39.2 Å². The lowest BCUT2D eigenvalue weighted by atomic mass is 9.99. The van der Waals surface area contributed by atoms with Crippen molar-refractivity contribution >= 4 is 5.69 Å². The van der Waals surface area contributed by atoms with E-state index in [1.165, 1.54) is 23.2 Å². The molecule has 0 bridgehead atoms. The van der Waals surface area contributed by atoms with Gasteiger partial charge in [0.25, 0.3) is 0 Å². The van der Waals surface area contributed by atoms with Crippen LogP contribution in [-0.2, 0) is 6.42 Å². The van der Waals surface area contributed by atoms with Gasteiger partial charge in [-0.05, 0) is 44.4 Å². The Kier molecular flexibility index (Phi) is 4.81. The summed E-state index contributed by atoms with van der Waals surface area (Å²) in [5, 5.41) is 12.5. The smallest absolute Gasteiger partial charge is 0.113 e. The minimum atomic E-state index is -0.0767. The largest absolute Gasteiger partial charge is 0.369 e.